The maximum Gasteiger partial charge on any atom is 0.255 e. The summed E-state index contributed by atoms with van der Waals surface area (Å²) in [5.41, 5.74) is 2.69. The molecular weight excluding hydrogens is 374 g/mol. The number of nitrogens with one attached hydrogen (secondary N) is 1. The number of anilines is 1. The molecule has 0 aliphatic heterocycles. The van der Waals surface area contributed by atoms with Gasteiger partial charge in [-0.1, -0.05) is 41.9 Å². The van der Waals surface area contributed by atoms with Gasteiger partial charge in [0.2, 0.25) is 5.78 Å². The molecule has 0 bridgehead atoms. The van der Waals surface area contributed by atoms with Crippen molar-refractivity contribution in [3.8, 4) is 5.75 Å². The van der Waals surface area contributed by atoms with Crippen molar-refractivity contribution in [1.82, 2.24) is 0 Å². The molecule has 4 nitrogen and oxygen atoms in total. The largest absolute Gasteiger partial charge is 0.483 e. The van der Waals surface area contributed by atoms with Gasteiger partial charge in [0.15, 0.2) is 6.10 Å². The Kier molecular flexibility index (Phi) is 6.12. The first-order valence-electron chi connectivity index (χ1n) is 8.87. The zero-order chi connectivity index (χ0) is 20.1. The summed E-state index contributed by atoms with van der Waals surface area (Å²) in [6.45, 7) is 3.58. The van der Waals surface area contributed by atoms with E-state index in [-0.39, 0.29) is 11.7 Å². The third-order valence-electron chi connectivity index (χ3n) is 4.29. The lowest BCUT2D eigenvalue weighted by molar-refractivity contribution is 0.0818. The summed E-state index contributed by atoms with van der Waals surface area (Å²) in [5, 5.41) is 3.36. The molecule has 0 heterocycles. The third-order valence-corrected chi connectivity index (χ3v) is 4.53. The second-order valence-corrected chi connectivity index (χ2v) is 6.86. The molecule has 3 aromatic carbocycles. The molecule has 0 spiro atoms. The molecule has 1 amide bonds. The van der Waals surface area contributed by atoms with Gasteiger partial charge in [0.1, 0.15) is 5.75 Å². The molecule has 142 valence electrons. The maximum absolute atomic E-state index is 12.5. The molecule has 1 atom stereocenters. The van der Waals surface area contributed by atoms with E-state index in [4.69, 9.17) is 16.3 Å². The first-order valence-corrected chi connectivity index (χ1v) is 9.25. The van der Waals surface area contributed by atoms with Gasteiger partial charge < -0.3 is 10.1 Å². The Hall–Kier alpha value is -3.11. The van der Waals surface area contributed by atoms with Gasteiger partial charge in [-0.2, -0.15) is 0 Å². The van der Waals surface area contributed by atoms with E-state index < -0.39 is 6.10 Å². The predicted octanol–water partition coefficient (Wildman–Crippen LogP) is 5.55. The number of carbonyl (C=O) groups excluding carboxylic acids is 2. The molecule has 1 N–H and O–H groups in total. The van der Waals surface area contributed by atoms with Crippen LogP contribution in [0.2, 0.25) is 5.02 Å². The van der Waals surface area contributed by atoms with E-state index in [2.05, 4.69) is 5.32 Å². The number of Topliss-reactive ketones (excluding diaryl/α,β-unsaturated/α-hetero) is 1. The monoisotopic (exact) mass is 393 g/mol. The van der Waals surface area contributed by atoms with Crippen molar-refractivity contribution in [3.63, 3.8) is 0 Å². The minimum absolute atomic E-state index is 0.153. The van der Waals surface area contributed by atoms with Crippen LogP contribution in [0.15, 0.2) is 72.8 Å². The molecule has 0 radical (unpaired) electrons. The van der Waals surface area contributed by atoms with Crippen LogP contribution < -0.4 is 10.1 Å². The average molecular weight is 394 g/mol. The number of hydrogen-bond acceptors (Lipinski definition) is 3. The average Bonchev–Trinajstić information content (AvgIpc) is 2.69. The van der Waals surface area contributed by atoms with Gasteiger partial charge in [-0.25, -0.2) is 0 Å². The van der Waals surface area contributed by atoms with E-state index in [1.807, 2.05) is 25.1 Å². The van der Waals surface area contributed by atoms with Crippen molar-refractivity contribution in [2.75, 3.05) is 5.32 Å². The summed E-state index contributed by atoms with van der Waals surface area (Å²) in [6.07, 6.45) is -0.661. The van der Waals surface area contributed by atoms with Crippen LogP contribution in [0.1, 0.15) is 33.2 Å². The Labute approximate surface area is 169 Å². The van der Waals surface area contributed by atoms with E-state index in [9.17, 15) is 9.59 Å². The summed E-state index contributed by atoms with van der Waals surface area (Å²) in [7, 11) is 0. The Morgan fingerprint density at radius 2 is 1.68 bits per heavy atom. The van der Waals surface area contributed by atoms with E-state index in [1.165, 1.54) is 0 Å². The second-order valence-electron chi connectivity index (χ2n) is 6.43. The van der Waals surface area contributed by atoms with Crippen LogP contribution in [-0.2, 0) is 0 Å². The lowest BCUT2D eigenvalue weighted by atomic mass is 10.1. The topological polar surface area (TPSA) is 55.4 Å². The summed E-state index contributed by atoms with van der Waals surface area (Å²) in [6, 6.07) is 21.1. The van der Waals surface area contributed by atoms with E-state index >= 15 is 0 Å². The van der Waals surface area contributed by atoms with Crippen LogP contribution in [0, 0.1) is 6.92 Å². The number of halogens is 1. The molecule has 0 aromatic heterocycles. The number of amides is 1. The predicted molar refractivity (Wildman–Crippen MR) is 111 cm³/mol. The highest BCUT2D eigenvalue weighted by molar-refractivity contribution is 6.31. The van der Waals surface area contributed by atoms with E-state index in [0.717, 1.165) is 5.56 Å². The molecule has 0 aliphatic carbocycles. The SMILES string of the molecule is Cc1ccccc1C(=O)Nc1ccc(OC(C)C(=O)c2cccc(Cl)c2)cc1. The second kappa shape index (κ2) is 8.72. The molecule has 3 aromatic rings. The molecule has 5 heteroatoms. The molecule has 0 aliphatic rings. The number of rotatable bonds is 6. The molecule has 28 heavy (non-hydrogen) atoms. The molecule has 0 saturated heterocycles. The Morgan fingerprint density at radius 1 is 0.964 bits per heavy atom. The Bertz CT molecular complexity index is 999. The maximum atomic E-state index is 12.5. The summed E-state index contributed by atoms with van der Waals surface area (Å²) in [5.74, 6) is 0.215. The standard InChI is InChI=1S/C23H20ClNO3/c1-15-6-3-4-9-21(15)23(27)25-19-10-12-20(13-11-19)28-16(2)22(26)17-7-5-8-18(24)14-17/h3-14,16H,1-2H3,(H,25,27). The van der Waals surface area contributed by atoms with E-state index in [0.29, 0.717) is 27.6 Å². The van der Waals surface area contributed by atoms with Gasteiger partial charge in [0, 0.05) is 21.8 Å². The minimum atomic E-state index is -0.661. The van der Waals surface area contributed by atoms with Crippen molar-refractivity contribution in [1.29, 1.82) is 0 Å². The molecule has 1 unspecified atom stereocenters. The third kappa shape index (κ3) is 4.78. The molecule has 3 rings (SSSR count). The smallest absolute Gasteiger partial charge is 0.255 e. The van der Waals surface area contributed by atoms with Crippen molar-refractivity contribution in [2.45, 2.75) is 20.0 Å². The van der Waals surface area contributed by atoms with Crippen LogP contribution in [0.3, 0.4) is 0 Å². The van der Waals surface area contributed by atoms with Crippen LogP contribution in [0.5, 0.6) is 5.75 Å². The number of benzene rings is 3. The quantitative estimate of drug-likeness (QED) is 0.558. The molecule has 0 saturated carbocycles. The van der Waals surface area contributed by atoms with Gasteiger partial charge in [-0.15, -0.1) is 0 Å². The number of aryl methyl sites for hydroxylation is 1. The fourth-order valence-electron chi connectivity index (χ4n) is 2.78. The zero-order valence-electron chi connectivity index (χ0n) is 15.6. The number of hydrogen-bond donors (Lipinski definition) is 1. The zero-order valence-corrected chi connectivity index (χ0v) is 16.4. The highest BCUT2D eigenvalue weighted by atomic mass is 35.5. The van der Waals surface area contributed by atoms with Gasteiger partial charge in [0.25, 0.3) is 5.91 Å². The first-order chi connectivity index (χ1) is 13.4. The van der Waals surface area contributed by atoms with Crippen LogP contribution in [-0.4, -0.2) is 17.8 Å². The lowest BCUT2D eigenvalue weighted by Gasteiger charge is -2.14. The van der Waals surface area contributed by atoms with Crippen molar-refractivity contribution < 1.29 is 14.3 Å². The van der Waals surface area contributed by atoms with Crippen LogP contribution in [0.25, 0.3) is 0 Å². The molecular formula is C23H20ClNO3. The highest BCUT2D eigenvalue weighted by Gasteiger charge is 2.17. The summed E-state index contributed by atoms with van der Waals surface area (Å²) in [4.78, 5) is 24.8. The van der Waals surface area contributed by atoms with E-state index in [1.54, 1.807) is 61.5 Å². The van der Waals surface area contributed by atoms with Crippen molar-refractivity contribution in [2.24, 2.45) is 0 Å². The summed E-state index contributed by atoms with van der Waals surface area (Å²) >= 11 is 5.94. The van der Waals surface area contributed by atoms with Gasteiger partial charge in [-0.05, 0) is 61.9 Å². The fourth-order valence-corrected chi connectivity index (χ4v) is 2.97. The van der Waals surface area contributed by atoms with Gasteiger partial charge in [0.05, 0.1) is 0 Å². The fraction of sp³-hybridized carbons (Fsp3) is 0.130. The number of ketones is 1. The first kappa shape index (κ1) is 19.6. The normalized spacial score (nSPS) is 11.5. The van der Waals surface area contributed by atoms with Crippen molar-refractivity contribution >= 4 is 29.0 Å². The number of carbonyl (C=O) groups is 2. The Morgan fingerprint density at radius 3 is 2.36 bits per heavy atom. The van der Waals surface area contributed by atoms with Gasteiger partial charge >= 0.3 is 0 Å². The van der Waals surface area contributed by atoms with Crippen LogP contribution in [0.4, 0.5) is 5.69 Å². The lowest BCUT2D eigenvalue weighted by Crippen LogP contribution is -2.23. The Balaban J connectivity index is 1.63. The minimum Gasteiger partial charge on any atom is -0.483 e. The van der Waals surface area contributed by atoms with Gasteiger partial charge in [-0.3, -0.25) is 9.59 Å². The number of ether oxygens (including phenoxy) is 1. The highest BCUT2D eigenvalue weighted by Crippen LogP contribution is 2.20. The molecule has 0 fully saturated rings. The summed E-state index contributed by atoms with van der Waals surface area (Å²) < 4.78 is 5.73. The van der Waals surface area contributed by atoms with Crippen molar-refractivity contribution in [3.05, 3.63) is 94.5 Å². The van der Waals surface area contributed by atoms with Crippen LogP contribution >= 0.6 is 11.6 Å².